The topological polar surface area (TPSA) is 201 Å². The van der Waals surface area contributed by atoms with Crippen LogP contribution in [0.5, 0.6) is 29.1 Å². The molecule has 0 bridgehead atoms. The molecule has 77 heavy (non-hydrogen) atoms. The van der Waals surface area contributed by atoms with Crippen LogP contribution in [0.2, 0.25) is 0 Å². The Labute approximate surface area is 463 Å². The van der Waals surface area contributed by atoms with Gasteiger partial charge in [0.25, 0.3) is 17.6 Å². The fourth-order valence-electron chi connectivity index (χ4n) is 7.73. The van der Waals surface area contributed by atoms with E-state index in [1.54, 1.807) is 24.3 Å². The minimum absolute atomic E-state index is 0. The molecular formula is C58H69IN6O12. The first kappa shape index (κ1) is 60.5. The van der Waals surface area contributed by atoms with E-state index in [1.165, 1.54) is 26.7 Å². The van der Waals surface area contributed by atoms with Crippen molar-refractivity contribution in [2.75, 3.05) is 56.5 Å². The summed E-state index contributed by atoms with van der Waals surface area (Å²) in [6.45, 7) is 12.6. The quantitative estimate of drug-likeness (QED) is 0.0427. The molecule has 0 radical (unpaired) electrons. The van der Waals surface area contributed by atoms with Crippen molar-refractivity contribution in [2.24, 2.45) is 0 Å². The third-order valence-corrected chi connectivity index (χ3v) is 12.7. The number of aliphatic hydroxyl groups excluding tert-OH is 2. The monoisotopic (exact) mass is 1170 g/mol. The number of aromatic nitrogens is 3. The summed E-state index contributed by atoms with van der Waals surface area (Å²) in [5, 5.41) is 34.2. The fourth-order valence-corrected chi connectivity index (χ4v) is 8.40. The SMILES string of the molecule is C.C=C[C@@H](c1onc(OCc2ccccc2)c1I)N(C)C.C=C[C@@H](c1onc(OCc2ccccc2)c1[C@@H](O)c1occc1OC)N(C)C.C=C[C@@H](c1onc(OCc2ccccc2)c1[C@H](O)c1occc1OC)N(C)C. The molecule has 0 aliphatic carbocycles. The molecule has 3 aromatic carbocycles. The molecule has 0 fully saturated rings. The smallest absolute Gasteiger partial charge is 0.268 e. The Hall–Kier alpha value is -7.40. The highest BCUT2D eigenvalue weighted by Gasteiger charge is 2.35. The average molecular weight is 1170 g/mol. The van der Waals surface area contributed by atoms with Crippen LogP contribution in [-0.4, -0.2) is 96.9 Å². The summed E-state index contributed by atoms with van der Waals surface area (Å²) in [5.41, 5.74) is 3.79. The van der Waals surface area contributed by atoms with Crippen molar-refractivity contribution in [2.45, 2.75) is 57.6 Å². The normalized spacial score (nSPS) is 12.9. The second-order valence-corrected chi connectivity index (χ2v) is 18.5. The van der Waals surface area contributed by atoms with E-state index in [0.29, 0.717) is 46.6 Å². The van der Waals surface area contributed by atoms with Crippen LogP contribution in [0.4, 0.5) is 0 Å². The molecular weight excluding hydrogens is 1100 g/mol. The second-order valence-electron chi connectivity index (χ2n) is 17.5. The van der Waals surface area contributed by atoms with E-state index >= 15 is 0 Å². The largest absolute Gasteiger partial charge is 0.493 e. The van der Waals surface area contributed by atoms with Gasteiger partial charge in [-0.15, -0.1) is 19.7 Å². The first-order chi connectivity index (χ1) is 36.8. The van der Waals surface area contributed by atoms with Gasteiger partial charge in [-0.25, -0.2) is 0 Å². The summed E-state index contributed by atoms with van der Waals surface area (Å²) >= 11 is 2.20. The van der Waals surface area contributed by atoms with Crippen molar-refractivity contribution in [1.29, 1.82) is 0 Å². The van der Waals surface area contributed by atoms with Crippen molar-refractivity contribution in [1.82, 2.24) is 30.2 Å². The molecule has 410 valence electrons. The van der Waals surface area contributed by atoms with E-state index in [1.807, 2.05) is 154 Å². The Bertz CT molecular complexity index is 2850. The van der Waals surface area contributed by atoms with Crippen molar-refractivity contribution >= 4 is 22.6 Å². The number of nitrogens with zero attached hydrogens (tertiary/aromatic N) is 6. The number of likely N-dealkylation sites (N-methyl/N-ethyl adjacent to an activating group) is 3. The lowest BCUT2D eigenvalue weighted by molar-refractivity contribution is 0.171. The summed E-state index contributed by atoms with van der Waals surface area (Å²) in [6.07, 6.45) is 5.77. The minimum atomic E-state index is -1.18. The molecule has 0 amide bonds. The molecule has 18 nitrogen and oxygen atoms in total. The summed E-state index contributed by atoms with van der Waals surface area (Å²) in [6, 6.07) is 31.9. The molecule has 2 N–H and O–H groups in total. The van der Waals surface area contributed by atoms with E-state index in [4.69, 9.17) is 46.1 Å². The zero-order valence-electron chi connectivity index (χ0n) is 43.9. The lowest BCUT2D eigenvalue weighted by Gasteiger charge is -2.20. The Morgan fingerprint density at radius 3 is 1.13 bits per heavy atom. The van der Waals surface area contributed by atoms with Crippen LogP contribution in [0.3, 0.4) is 0 Å². The fraction of sp³-hybridized carbons (Fsp3) is 0.293. The van der Waals surface area contributed by atoms with Crippen molar-refractivity contribution in [3.63, 3.8) is 0 Å². The van der Waals surface area contributed by atoms with E-state index < -0.39 is 12.2 Å². The van der Waals surface area contributed by atoms with Gasteiger partial charge in [-0.3, -0.25) is 14.7 Å². The maximum absolute atomic E-state index is 11.1. The first-order valence-corrected chi connectivity index (χ1v) is 24.9. The number of methoxy groups -OCH3 is 2. The average Bonchev–Trinajstić information content (AvgIpc) is 4.32. The molecule has 0 aliphatic heterocycles. The standard InChI is InChI=1S/2C21H24N2O5.C15H17IN2O2.CH4/c2*1-5-15(23(2)3)19-17(18(24)20-16(25-4)11-12-26-20)21(22-28-19)27-13-14-9-7-6-8-10-14;1-4-12(18(2)3)14-13(16)15(17-20-14)19-10-11-8-6-5-7-9-11;/h2*5-12,15,18,24H,1,13H2,2-4H3;4-9,12H,1,10H2,2-3H3;1H4/t15-,18+;15-,18-;12-;/m000./s1. The number of furan rings is 2. The summed E-state index contributed by atoms with van der Waals surface area (Å²) in [4.78, 5) is 5.80. The Kier molecular flexibility index (Phi) is 23.4. The predicted octanol–water partition coefficient (Wildman–Crippen LogP) is 11.7. The van der Waals surface area contributed by atoms with Crippen LogP contribution >= 0.6 is 22.6 Å². The number of benzene rings is 3. The molecule has 5 heterocycles. The minimum Gasteiger partial charge on any atom is -0.493 e. The first-order valence-electron chi connectivity index (χ1n) is 23.9. The van der Waals surface area contributed by atoms with Crippen LogP contribution in [0.15, 0.2) is 176 Å². The molecule has 19 heteroatoms. The molecule has 5 atom stereocenters. The second kappa shape index (κ2) is 29.8. The number of hydrogen-bond donors (Lipinski definition) is 2. The number of halogens is 1. The maximum Gasteiger partial charge on any atom is 0.268 e. The third kappa shape index (κ3) is 15.4. The van der Waals surface area contributed by atoms with Gasteiger partial charge in [0.2, 0.25) is 0 Å². The van der Waals surface area contributed by atoms with Gasteiger partial charge in [0, 0.05) is 12.1 Å². The van der Waals surface area contributed by atoms with Crippen LogP contribution in [0, 0.1) is 3.57 Å². The van der Waals surface area contributed by atoms with Crippen LogP contribution in [0.25, 0.3) is 0 Å². The van der Waals surface area contributed by atoms with Crippen LogP contribution in [0.1, 0.15) is 94.4 Å². The number of aliphatic hydroxyl groups is 2. The van der Waals surface area contributed by atoms with Gasteiger partial charge in [0.1, 0.15) is 35.6 Å². The molecule has 0 saturated carbocycles. The predicted molar refractivity (Wildman–Crippen MR) is 300 cm³/mol. The Balaban J connectivity index is 0.000000215. The van der Waals surface area contributed by atoms with Gasteiger partial charge in [-0.05, 0) is 97.0 Å². The molecule has 0 spiro atoms. The molecule has 8 rings (SSSR count). The highest BCUT2D eigenvalue weighted by Crippen LogP contribution is 2.42. The van der Waals surface area contributed by atoms with Gasteiger partial charge in [0.15, 0.2) is 40.3 Å². The van der Waals surface area contributed by atoms with Crippen molar-refractivity contribution in [3.05, 3.63) is 214 Å². The Morgan fingerprint density at radius 1 is 0.494 bits per heavy atom. The van der Waals surface area contributed by atoms with Crippen molar-refractivity contribution < 1.29 is 56.3 Å². The summed E-state index contributed by atoms with van der Waals surface area (Å²) in [5.74, 6) is 3.87. The summed E-state index contributed by atoms with van der Waals surface area (Å²) in [7, 11) is 14.5. The van der Waals surface area contributed by atoms with Gasteiger partial charge < -0.3 is 56.3 Å². The maximum atomic E-state index is 11.1. The zero-order chi connectivity index (χ0) is 54.7. The van der Waals surface area contributed by atoms with Gasteiger partial charge >= 0.3 is 0 Å². The molecule has 0 unspecified atom stereocenters. The molecule has 5 aromatic heterocycles. The van der Waals surface area contributed by atoms with E-state index in [2.05, 4.69) is 57.8 Å². The lowest BCUT2D eigenvalue weighted by atomic mass is 10.0. The van der Waals surface area contributed by atoms with Gasteiger partial charge in [-0.1, -0.05) is 117 Å². The van der Waals surface area contributed by atoms with E-state index in [9.17, 15) is 10.2 Å². The van der Waals surface area contributed by atoms with Crippen LogP contribution < -0.4 is 23.7 Å². The third-order valence-electron chi connectivity index (χ3n) is 11.7. The van der Waals surface area contributed by atoms with E-state index in [0.717, 1.165) is 26.0 Å². The van der Waals surface area contributed by atoms with Gasteiger partial charge in [-0.2, -0.15) is 0 Å². The number of ether oxygens (including phenoxy) is 5. The number of rotatable bonds is 24. The number of hydrogen-bond acceptors (Lipinski definition) is 18. The van der Waals surface area contributed by atoms with E-state index in [-0.39, 0.29) is 62.0 Å². The molecule has 0 aliphatic rings. The summed E-state index contributed by atoms with van der Waals surface area (Å²) < 4.78 is 56.3. The van der Waals surface area contributed by atoms with Crippen LogP contribution in [-0.2, 0) is 19.8 Å². The molecule has 0 saturated heterocycles. The highest BCUT2D eigenvalue weighted by molar-refractivity contribution is 14.1. The van der Waals surface area contributed by atoms with Gasteiger partial charge in [0.05, 0.1) is 56.0 Å². The zero-order valence-corrected chi connectivity index (χ0v) is 46.0. The molecule has 8 aromatic rings. The highest BCUT2D eigenvalue weighted by atomic mass is 127. The van der Waals surface area contributed by atoms with Crippen molar-refractivity contribution in [3.8, 4) is 29.1 Å². The Morgan fingerprint density at radius 2 is 0.805 bits per heavy atom. The lowest BCUT2D eigenvalue weighted by Crippen LogP contribution is -2.19.